The van der Waals surface area contributed by atoms with Gasteiger partial charge < -0.3 is 15.2 Å². The summed E-state index contributed by atoms with van der Waals surface area (Å²) in [5.74, 6) is -0.977. The Morgan fingerprint density at radius 3 is 3.07 bits per heavy atom. The number of aliphatic carboxylic acids is 1. The van der Waals surface area contributed by atoms with Crippen LogP contribution < -0.4 is 0 Å². The lowest BCUT2D eigenvalue weighted by Crippen LogP contribution is -2.39. The maximum Gasteiger partial charge on any atom is 0.306 e. The lowest BCUT2D eigenvalue weighted by Gasteiger charge is -2.37. The molecule has 0 bridgehead atoms. The number of rotatable bonds is 2. The summed E-state index contributed by atoms with van der Waals surface area (Å²) in [6, 6.07) is 0. The number of aromatic amines is 1. The Bertz CT molecular complexity index is 385. The molecule has 4 heteroatoms. The molecular weight excluding hydrogens is 194 g/mol. The van der Waals surface area contributed by atoms with Crippen molar-refractivity contribution in [1.29, 1.82) is 0 Å². The van der Waals surface area contributed by atoms with Crippen LogP contribution in [0.3, 0.4) is 0 Å². The average Bonchev–Trinajstić information content (AvgIpc) is 2.59. The van der Waals surface area contributed by atoms with E-state index >= 15 is 0 Å². The van der Waals surface area contributed by atoms with Gasteiger partial charge in [-0.25, -0.2) is 0 Å². The van der Waals surface area contributed by atoms with Gasteiger partial charge in [-0.2, -0.15) is 0 Å². The van der Waals surface area contributed by atoms with Crippen molar-refractivity contribution in [3.63, 3.8) is 0 Å². The molecule has 1 heterocycles. The molecule has 0 fully saturated rings. The summed E-state index contributed by atoms with van der Waals surface area (Å²) in [6.07, 6.45) is 5.07. The predicted octanol–water partition coefficient (Wildman–Crippen LogP) is 1.26. The lowest BCUT2D eigenvalue weighted by molar-refractivity contribution is -0.146. The highest BCUT2D eigenvalue weighted by Crippen LogP contribution is 2.41. The van der Waals surface area contributed by atoms with Crippen LogP contribution in [-0.2, 0) is 16.8 Å². The van der Waals surface area contributed by atoms with E-state index in [1.165, 1.54) is 0 Å². The van der Waals surface area contributed by atoms with Crippen molar-refractivity contribution in [1.82, 2.24) is 4.98 Å². The number of aryl methyl sites for hydroxylation is 1. The SMILES string of the molecule is CC1CCc2c[nH]cc2C1(O)CC(=O)O. The molecule has 0 spiro atoms. The van der Waals surface area contributed by atoms with Crippen LogP contribution in [-0.4, -0.2) is 21.2 Å². The topological polar surface area (TPSA) is 73.3 Å². The van der Waals surface area contributed by atoms with Gasteiger partial charge in [0.2, 0.25) is 0 Å². The molecule has 1 aromatic heterocycles. The minimum absolute atomic E-state index is 0.0168. The number of nitrogens with one attached hydrogen (secondary N) is 1. The van der Waals surface area contributed by atoms with E-state index in [2.05, 4.69) is 4.98 Å². The molecule has 15 heavy (non-hydrogen) atoms. The van der Waals surface area contributed by atoms with E-state index in [9.17, 15) is 9.90 Å². The zero-order chi connectivity index (χ0) is 11.1. The van der Waals surface area contributed by atoms with Crippen molar-refractivity contribution in [2.24, 2.45) is 5.92 Å². The minimum Gasteiger partial charge on any atom is -0.481 e. The van der Waals surface area contributed by atoms with Crippen LogP contribution in [0.5, 0.6) is 0 Å². The first kappa shape index (κ1) is 10.2. The Kier molecular flexibility index (Phi) is 2.31. The third-order valence-electron chi connectivity index (χ3n) is 3.38. The number of hydrogen-bond acceptors (Lipinski definition) is 2. The zero-order valence-corrected chi connectivity index (χ0v) is 8.66. The molecule has 4 nitrogen and oxygen atoms in total. The molecular formula is C11H15NO3. The Balaban J connectivity index is 2.42. The van der Waals surface area contributed by atoms with Gasteiger partial charge >= 0.3 is 5.97 Å². The van der Waals surface area contributed by atoms with E-state index in [4.69, 9.17) is 5.11 Å². The fourth-order valence-electron chi connectivity index (χ4n) is 2.38. The van der Waals surface area contributed by atoms with Gasteiger partial charge in [0.25, 0.3) is 0 Å². The zero-order valence-electron chi connectivity index (χ0n) is 8.66. The van der Waals surface area contributed by atoms with Crippen molar-refractivity contribution < 1.29 is 15.0 Å². The molecule has 0 saturated carbocycles. The number of fused-ring (bicyclic) bond motifs is 1. The van der Waals surface area contributed by atoms with E-state index in [0.717, 1.165) is 24.0 Å². The van der Waals surface area contributed by atoms with E-state index in [1.54, 1.807) is 6.20 Å². The normalized spacial score (nSPS) is 29.9. The van der Waals surface area contributed by atoms with Gasteiger partial charge in [-0.15, -0.1) is 0 Å². The number of carboxylic acid groups (broad SMARTS) is 1. The Morgan fingerprint density at radius 1 is 1.67 bits per heavy atom. The highest BCUT2D eigenvalue weighted by Gasteiger charge is 2.42. The van der Waals surface area contributed by atoms with Crippen LogP contribution >= 0.6 is 0 Å². The van der Waals surface area contributed by atoms with Crippen molar-refractivity contribution in [2.45, 2.75) is 31.8 Å². The first-order valence-electron chi connectivity index (χ1n) is 5.14. The van der Waals surface area contributed by atoms with Crippen LogP contribution in [0.1, 0.15) is 30.9 Å². The molecule has 82 valence electrons. The number of aromatic nitrogens is 1. The van der Waals surface area contributed by atoms with Crippen LogP contribution in [0.2, 0.25) is 0 Å². The van der Waals surface area contributed by atoms with Crippen molar-refractivity contribution in [3.05, 3.63) is 23.5 Å². The highest BCUT2D eigenvalue weighted by molar-refractivity contribution is 5.69. The molecule has 0 radical (unpaired) electrons. The van der Waals surface area contributed by atoms with Crippen LogP contribution in [0.4, 0.5) is 0 Å². The quantitative estimate of drug-likeness (QED) is 0.686. The Morgan fingerprint density at radius 2 is 2.40 bits per heavy atom. The molecule has 2 rings (SSSR count). The Labute approximate surface area is 87.9 Å². The van der Waals surface area contributed by atoms with E-state index in [-0.39, 0.29) is 12.3 Å². The molecule has 0 aromatic carbocycles. The minimum atomic E-state index is -1.21. The average molecular weight is 209 g/mol. The van der Waals surface area contributed by atoms with Gasteiger partial charge in [0.05, 0.1) is 6.42 Å². The molecule has 0 amide bonds. The molecule has 2 atom stereocenters. The van der Waals surface area contributed by atoms with Crippen molar-refractivity contribution >= 4 is 5.97 Å². The van der Waals surface area contributed by atoms with E-state index in [1.807, 2.05) is 13.1 Å². The Hall–Kier alpha value is -1.29. The molecule has 3 N–H and O–H groups in total. The largest absolute Gasteiger partial charge is 0.481 e. The summed E-state index contributed by atoms with van der Waals surface area (Å²) < 4.78 is 0. The molecule has 0 saturated heterocycles. The number of H-pyrrole nitrogens is 1. The molecule has 0 aliphatic heterocycles. The first-order valence-corrected chi connectivity index (χ1v) is 5.14. The predicted molar refractivity (Wildman–Crippen MR) is 54.4 cm³/mol. The number of carboxylic acids is 1. The molecule has 1 aliphatic carbocycles. The second-order valence-electron chi connectivity index (χ2n) is 4.33. The summed E-state index contributed by atoms with van der Waals surface area (Å²) in [4.78, 5) is 13.7. The maximum absolute atomic E-state index is 10.8. The third kappa shape index (κ3) is 1.55. The monoisotopic (exact) mass is 209 g/mol. The summed E-state index contributed by atoms with van der Waals surface area (Å²) in [5.41, 5.74) is 0.583. The third-order valence-corrected chi connectivity index (χ3v) is 3.38. The highest BCUT2D eigenvalue weighted by atomic mass is 16.4. The number of hydrogen-bond donors (Lipinski definition) is 3. The smallest absolute Gasteiger partial charge is 0.306 e. The van der Waals surface area contributed by atoms with Gasteiger partial charge in [0.15, 0.2) is 0 Å². The second kappa shape index (κ2) is 3.38. The van der Waals surface area contributed by atoms with Crippen LogP contribution in [0, 0.1) is 5.92 Å². The summed E-state index contributed by atoms with van der Waals surface area (Å²) in [5, 5.41) is 19.3. The molecule has 1 aliphatic rings. The number of aliphatic hydroxyl groups is 1. The fourth-order valence-corrected chi connectivity index (χ4v) is 2.38. The molecule has 2 unspecified atom stereocenters. The lowest BCUT2D eigenvalue weighted by atomic mass is 9.72. The number of carbonyl (C=O) groups is 1. The van der Waals surface area contributed by atoms with Crippen molar-refractivity contribution in [2.75, 3.05) is 0 Å². The second-order valence-corrected chi connectivity index (χ2v) is 4.33. The fraction of sp³-hybridized carbons (Fsp3) is 0.545. The van der Waals surface area contributed by atoms with Crippen LogP contribution in [0.25, 0.3) is 0 Å². The maximum atomic E-state index is 10.8. The standard InChI is InChI=1S/C11H15NO3/c1-7-2-3-8-5-12-6-9(8)11(7,15)4-10(13)14/h5-7,12,15H,2-4H2,1H3,(H,13,14). The van der Waals surface area contributed by atoms with Crippen molar-refractivity contribution in [3.8, 4) is 0 Å². The summed E-state index contributed by atoms with van der Waals surface area (Å²) in [7, 11) is 0. The van der Waals surface area contributed by atoms with Gasteiger partial charge in [-0.1, -0.05) is 6.92 Å². The van der Waals surface area contributed by atoms with Crippen LogP contribution in [0.15, 0.2) is 12.4 Å². The van der Waals surface area contributed by atoms with Gasteiger partial charge in [0, 0.05) is 18.0 Å². The van der Waals surface area contributed by atoms with E-state index in [0.29, 0.717) is 0 Å². The summed E-state index contributed by atoms with van der Waals surface area (Å²) in [6.45, 7) is 1.90. The summed E-state index contributed by atoms with van der Waals surface area (Å²) >= 11 is 0. The van der Waals surface area contributed by atoms with Gasteiger partial charge in [-0.3, -0.25) is 4.79 Å². The first-order chi connectivity index (χ1) is 7.04. The van der Waals surface area contributed by atoms with E-state index < -0.39 is 11.6 Å². The molecule has 1 aromatic rings. The van der Waals surface area contributed by atoms with Gasteiger partial charge in [-0.05, 0) is 24.3 Å². The van der Waals surface area contributed by atoms with Gasteiger partial charge in [0.1, 0.15) is 5.60 Å².